The molecule has 4 heteroatoms. The molecule has 0 heterocycles. The van der Waals surface area contributed by atoms with Crippen molar-refractivity contribution in [1.29, 1.82) is 0 Å². The van der Waals surface area contributed by atoms with Crippen molar-refractivity contribution >= 4 is 0 Å². The maximum Gasteiger partial charge on any atom is 0.126 e. The molecule has 16 heavy (non-hydrogen) atoms. The van der Waals surface area contributed by atoms with Gasteiger partial charge in [-0.25, -0.2) is 4.39 Å². The molecule has 0 radical (unpaired) electrons. The lowest BCUT2D eigenvalue weighted by Crippen LogP contribution is -2.35. The van der Waals surface area contributed by atoms with Crippen LogP contribution in [-0.4, -0.2) is 38.2 Å². The molecule has 0 aliphatic carbocycles. The maximum atomic E-state index is 12.9. The molecule has 0 saturated carbocycles. The molecule has 0 spiro atoms. The number of halogens is 1. The largest absolute Gasteiger partial charge is 0.492 e. The van der Waals surface area contributed by atoms with Crippen LogP contribution in [0.15, 0.2) is 24.3 Å². The molecule has 0 aliphatic heterocycles. The summed E-state index contributed by atoms with van der Waals surface area (Å²) >= 11 is 0. The lowest BCUT2D eigenvalue weighted by molar-refractivity contribution is 0.178. The number of rotatable bonds is 6. The molecule has 0 amide bonds. The summed E-state index contributed by atoms with van der Waals surface area (Å²) in [4.78, 5) is 2.06. The molecule has 0 aromatic heterocycles. The van der Waals surface area contributed by atoms with E-state index in [9.17, 15) is 4.39 Å². The third kappa shape index (κ3) is 4.16. The van der Waals surface area contributed by atoms with Gasteiger partial charge in [-0.1, -0.05) is 6.07 Å². The average molecular weight is 226 g/mol. The fraction of sp³-hybridized carbons (Fsp3) is 0.500. The van der Waals surface area contributed by atoms with Gasteiger partial charge in [-0.3, -0.25) is 0 Å². The maximum absolute atomic E-state index is 12.9. The van der Waals surface area contributed by atoms with Gasteiger partial charge in [0.2, 0.25) is 0 Å². The Bertz CT molecular complexity index is 318. The number of nitrogens with two attached hydrogens (primary N) is 1. The molecule has 0 bridgehead atoms. The molecule has 1 unspecified atom stereocenters. The van der Waals surface area contributed by atoms with Crippen molar-refractivity contribution in [2.24, 2.45) is 5.73 Å². The zero-order valence-corrected chi connectivity index (χ0v) is 9.82. The quantitative estimate of drug-likeness (QED) is 0.798. The Morgan fingerprint density at radius 3 is 2.75 bits per heavy atom. The Morgan fingerprint density at radius 2 is 2.19 bits per heavy atom. The number of likely N-dealkylation sites (N-methyl/N-ethyl adjacent to an activating group) is 1. The van der Waals surface area contributed by atoms with Crippen molar-refractivity contribution in [2.45, 2.75) is 12.5 Å². The van der Waals surface area contributed by atoms with Crippen LogP contribution in [-0.2, 0) is 0 Å². The Kier molecular flexibility index (Phi) is 5.22. The average Bonchev–Trinajstić information content (AvgIpc) is 2.24. The van der Waals surface area contributed by atoms with E-state index >= 15 is 0 Å². The van der Waals surface area contributed by atoms with E-state index in [-0.39, 0.29) is 11.9 Å². The van der Waals surface area contributed by atoms with E-state index in [1.807, 2.05) is 14.1 Å². The van der Waals surface area contributed by atoms with Crippen LogP contribution in [0, 0.1) is 5.82 Å². The highest BCUT2D eigenvalue weighted by molar-refractivity contribution is 5.22. The van der Waals surface area contributed by atoms with Crippen LogP contribution < -0.4 is 10.5 Å². The molecule has 0 aliphatic rings. The lowest BCUT2D eigenvalue weighted by atomic mass is 10.2. The van der Waals surface area contributed by atoms with E-state index in [4.69, 9.17) is 10.5 Å². The number of benzene rings is 1. The van der Waals surface area contributed by atoms with Crippen LogP contribution in [0.3, 0.4) is 0 Å². The van der Waals surface area contributed by atoms with E-state index in [0.717, 1.165) is 6.42 Å². The van der Waals surface area contributed by atoms with Gasteiger partial charge < -0.3 is 15.4 Å². The molecule has 1 rings (SSSR count). The van der Waals surface area contributed by atoms with Crippen LogP contribution >= 0.6 is 0 Å². The van der Waals surface area contributed by atoms with Gasteiger partial charge in [0.1, 0.15) is 18.2 Å². The molecule has 1 aromatic rings. The zero-order valence-electron chi connectivity index (χ0n) is 9.82. The predicted molar refractivity (Wildman–Crippen MR) is 63.0 cm³/mol. The third-order valence-electron chi connectivity index (χ3n) is 2.47. The van der Waals surface area contributed by atoms with Crippen molar-refractivity contribution in [1.82, 2.24) is 4.90 Å². The van der Waals surface area contributed by atoms with E-state index in [1.54, 1.807) is 12.1 Å². The van der Waals surface area contributed by atoms with Gasteiger partial charge in [-0.05, 0) is 39.2 Å². The standard InChI is InChI=1S/C12H19FN2O/c1-15(2)11(6-7-14)9-16-12-5-3-4-10(13)8-12/h3-5,8,11H,6-7,9,14H2,1-2H3. The lowest BCUT2D eigenvalue weighted by Gasteiger charge is -2.23. The Labute approximate surface area is 96.0 Å². The molecular weight excluding hydrogens is 207 g/mol. The molecule has 0 saturated heterocycles. The Hall–Kier alpha value is -1.13. The highest BCUT2D eigenvalue weighted by atomic mass is 19.1. The Morgan fingerprint density at radius 1 is 1.44 bits per heavy atom. The SMILES string of the molecule is CN(C)C(CCN)COc1cccc(F)c1. The molecule has 0 fully saturated rings. The first kappa shape index (κ1) is 12.9. The fourth-order valence-corrected chi connectivity index (χ4v) is 1.43. The van der Waals surface area contributed by atoms with E-state index in [1.165, 1.54) is 12.1 Å². The summed E-state index contributed by atoms with van der Waals surface area (Å²) in [6, 6.07) is 6.43. The van der Waals surface area contributed by atoms with Crippen molar-refractivity contribution < 1.29 is 9.13 Å². The van der Waals surface area contributed by atoms with Gasteiger partial charge in [0, 0.05) is 12.1 Å². The van der Waals surface area contributed by atoms with Gasteiger partial charge in [0.15, 0.2) is 0 Å². The molecule has 3 nitrogen and oxygen atoms in total. The number of nitrogens with zero attached hydrogens (tertiary/aromatic N) is 1. The van der Waals surface area contributed by atoms with Crippen molar-refractivity contribution in [3.63, 3.8) is 0 Å². The number of ether oxygens (including phenoxy) is 1. The van der Waals surface area contributed by atoms with Gasteiger partial charge >= 0.3 is 0 Å². The van der Waals surface area contributed by atoms with Gasteiger partial charge in [0.25, 0.3) is 0 Å². The highest BCUT2D eigenvalue weighted by Gasteiger charge is 2.11. The van der Waals surface area contributed by atoms with Crippen molar-refractivity contribution in [3.05, 3.63) is 30.1 Å². The van der Waals surface area contributed by atoms with E-state index < -0.39 is 0 Å². The second-order valence-electron chi connectivity index (χ2n) is 3.96. The first-order chi connectivity index (χ1) is 7.63. The summed E-state index contributed by atoms with van der Waals surface area (Å²) in [7, 11) is 3.96. The molecule has 2 N–H and O–H groups in total. The summed E-state index contributed by atoms with van der Waals surface area (Å²) in [6.45, 7) is 1.14. The third-order valence-corrected chi connectivity index (χ3v) is 2.47. The van der Waals surface area contributed by atoms with Gasteiger partial charge in [-0.15, -0.1) is 0 Å². The first-order valence-corrected chi connectivity index (χ1v) is 5.38. The molecular formula is C12H19FN2O. The van der Waals surface area contributed by atoms with Gasteiger partial charge in [0.05, 0.1) is 0 Å². The summed E-state index contributed by atoms with van der Waals surface area (Å²) in [6.07, 6.45) is 0.863. The minimum absolute atomic E-state index is 0.258. The normalized spacial score (nSPS) is 12.8. The van der Waals surface area contributed by atoms with Crippen LogP contribution in [0.25, 0.3) is 0 Å². The van der Waals surface area contributed by atoms with Crippen LogP contribution in [0.1, 0.15) is 6.42 Å². The summed E-state index contributed by atoms with van der Waals surface area (Å²) in [5.41, 5.74) is 5.52. The number of hydrogen-bond donors (Lipinski definition) is 1. The van der Waals surface area contributed by atoms with E-state index in [0.29, 0.717) is 18.9 Å². The first-order valence-electron chi connectivity index (χ1n) is 5.38. The summed E-state index contributed by atoms with van der Waals surface area (Å²) in [5, 5.41) is 0. The predicted octanol–water partition coefficient (Wildman–Crippen LogP) is 1.48. The smallest absolute Gasteiger partial charge is 0.126 e. The van der Waals surface area contributed by atoms with Gasteiger partial charge in [-0.2, -0.15) is 0 Å². The minimum atomic E-state index is -0.280. The molecule has 90 valence electrons. The molecule has 1 aromatic carbocycles. The topological polar surface area (TPSA) is 38.5 Å². The fourth-order valence-electron chi connectivity index (χ4n) is 1.43. The number of hydrogen-bond acceptors (Lipinski definition) is 3. The second kappa shape index (κ2) is 6.45. The van der Waals surface area contributed by atoms with Crippen LogP contribution in [0.5, 0.6) is 5.75 Å². The summed E-state index contributed by atoms with van der Waals surface area (Å²) in [5.74, 6) is 0.279. The van der Waals surface area contributed by atoms with E-state index in [2.05, 4.69) is 4.90 Å². The second-order valence-corrected chi connectivity index (χ2v) is 3.96. The van der Waals surface area contributed by atoms with Crippen molar-refractivity contribution in [2.75, 3.05) is 27.2 Å². The summed E-state index contributed by atoms with van der Waals surface area (Å²) < 4.78 is 18.4. The zero-order chi connectivity index (χ0) is 12.0. The highest BCUT2D eigenvalue weighted by Crippen LogP contribution is 2.13. The van der Waals surface area contributed by atoms with Crippen LogP contribution in [0.4, 0.5) is 4.39 Å². The van der Waals surface area contributed by atoms with Crippen molar-refractivity contribution in [3.8, 4) is 5.75 Å². The monoisotopic (exact) mass is 226 g/mol. The van der Waals surface area contributed by atoms with Crippen LogP contribution in [0.2, 0.25) is 0 Å². The minimum Gasteiger partial charge on any atom is -0.492 e. The molecule has 1 atom stereocenters. The Balaban J connectivity index is 2.48.